The number of cyclic esters (lactones) is 2. The number of alkyl halides is 1. The highest BCUT2D eigenvalue weighted by molar-refractivity contribution is 14.1. The Morgan fingerprint density at radius 3 is 2.59 bits per heavy atom. The van der Waals surface area contributed by atoms with Crippen LogP contribution in [0, 0.1) is 0 Å². The van der Waals surface area contributed by atoms with Crippen LogP contribution in [-0.2, 0) is 19.0 Å². The summed E-state index contributed by atoms with van der Waals surface area (Å²) in [5, 5.41) is 0. The minimum Gasteiger partial charge on any atom is -0.460 e. The van der Waals surface area contributed by atoms with Gasteiger partial charge in [0, 0.05) is 0 Å². The van der Waals surface area contributed by atoms with Crippen molar-refractivity contribution in [3.05, 3.63) is 0 Å². The lowest BCUT2D eigenvalue weighted by molar-refractivity contribution is -0.158. The van der Waals surface area contributed by atoms with Gasteiger partial charge in [-0.3, -0.25) is 4.79 Å². The topological polar surface area (TPSA) is 66.2 Å². The van der Waals surface area contributed by atoms with Crippen LogP contribution in [0.2, 0.25) is 0 Å². The van der Waals surface area contributed by atoms with Gasteiger partial charge in [-0.15, -0.1) is 0 Å². The molecule has 1 rings (SSSR count). The summed E-state index contributed by atoms with van der Waals surface area (Å²) in [7, 11) is 0. The number of carbonyl (C=O) groups excluding carboxylic acids is 2. The molecule has 0 unspecified atom stereocenters. The van der Waals surface area contributed by atoms with Crippen LogP contribution in [0.5, 0.6) is 0 Å². The zero-order chi connectivity index (χ0) is 13.1. The predicted molar refractivity (Wildman–Crippen MR) is 70.7 cm³/mol. The Bertz CT molecular complexity index is 297. The summed E-state index contributed by atoms with van der Waals surface area (Å²) < 4.78 is 16.0. The molecule has 0 spiro atoms. The molecule has 1 heterocycles. The van der Waals surface area contributed by atoms with Crippen molar-refractivity contribution >= 4 is 34.7 Å². The van der Waals surface area contributed by atoms with Crippen LogP contribution in [0.4, 0.5) is 0 Å². The van der Waals surface area contributed by atoms with Crippen molar-refractivity contribution in [1.29, 1.82) is 0 Å². The van der Waals surface area contributed by atoms with E-state index < -0.39 is 11.8 Å². The average molecular weight is 357 g/mol. The maximum absolute atomic E-state index is 11.6. The van der Waals surface area contributed by atoms with Crippen molar-refractivity contribution < 1.29 is 23.8 Å². The molecule has 6 heteroatoms. The SMILES string of the molecule is CC(C)(C)OC(=O)C[C@H]1C[C@@H](CI)OC(=[OH+])O1. The molecule has 2 atom stereocenters. The molecule has 17 heavy (non-hydrogen) atoms. The molecule has 0 aromatic carbocycles. The Balaban J connectivity index is 2.45. The van der Waals surface area contributed by atoms with Gasteiger partial charge in [0.05, 0.1) is 10.8 Å². The minimum absolute atomic E-state index is 0.114. The predicted octanol–water partition coefficient (Wildman–Crippen LogP) is 1.79. The van der Waals surface area contributed by atoms with E-state index in [1.165, 1.54) is 0 Å². The third-order valence-corrected chi connectivity index (χ3v) is 3.03. The summed E-state index contributed by atoms with van der Waals surface area (Å²) >= 11 is 2.16. The third-order valence-electron chi connectivity index (χ3n) is 2.05. The van der Waals surface area contributed by atoms with Gasteiger partial charge in [-0.25, -0.2) is 0 Å². The van der Waals surface area contributed by atoms with Gasteiger partial charge in [0.1, 0.15) is 12.0 Å². The Hall–Kier alpha value is -0.530. The molecule has 0 aromatic rings. The quantitative estimate of drug-likeness (QED) is 0.334. The molecule has 5 nitrogen and oxygen atoms in total. The van der Waals surface area contributed by atoms with E-state index in [0.29, 0.717) is 6.42 Å². The lowest BCUT2D eigenvalue weighted by Gasteiger charge is -2.23. The largest absolute Gasteiger partial charge is 0.712 e. The number of hydrogen-bond donors (Lipinski definition) is 0. The summed E-state index contributed by atoms with van der Waals surface area (Å²) in [6, 6.07) is 0. The van der Waals surface area contributed by atoms with Crippen molar-refractivity contribution in [2.45, 2.75) is 51.4 Å². The van der Waals surface area contributed by atoms with Crippen LogP contribution < -0.4 is 0 Å². The van der Waals surface area contributed by atoms with Gasteiger partial charge >= 0.3 is 12.1 Å². The first-order valence-electron chi connectivity index (χ1n) is 5.47. The number of ether oxygens (including phenoxy) is 3. The standard InChI is InChI=1S/C11H17IO5/c1-11(2,3)17-9(13)5-7-4-8(6-12)16-10(14)15-7/h7-8H,4-6H2,1-3H3/p+1/t7-,8+/m1/s1. The van der Waals surface area contributed by atoms with Crippen LogP contribution in [-0.4, -0.2) is 39.2 Å². The van der Waals surface area contributed by atoms with Gasteiger partial charge in [-0.05, 0) is 20.8 Å². The van der Waals surface area contributed by atoms with E-state index in [-0.39, 0.29) is 24.6 Å². The summed E-state index contributed by atoms with van der Waals surface area (Å²) in [5.41, 5.74) is -0.503. The summed E-state index contributed by atoms with van der Waals surface area (Å²) in [4.78, 5) is 20.8. The maximum atomic E-state index is 11.6. The van der Waals surface area contributed by atoms with Crippen LogP contribution in [0.25, 0.3) is 0 Å². The first kappa shape index (κ1) is 14.5. The Morgan fingerprint density at radius 2 is 2.06 bits per heavy atom. The van der Waals surface area contributed by atoms with Crippen LogP contribution in [0.3, 0.4) is 0 Å². The molecule has 1 fully saturated rings. The van der Waals surface area contributed by atoms with Gasteiger partial charge < -0.3 is 19.0 Å². The zero-order valence-electron chi connectivity index (χ0n) is 10.2. The van der Waals surface area contributed by atoms with Gasteiger partial charge in [-0.1, -0.05) is 22.6 Å². The lowest BCUT2D eigenvalue weighted by Crippen LogP contribution is -2.38. The first-order chi connectivity index (χ1) is 7.80. The fourth-order valence-electron chi connectivity index (χ4n) is 1.49. The molecule has 1 N–H and O–H groups in total. The molecule has 1 saturated heterocycles. The zero-order valence-corrected chi connectivity index (χ0v) is 12.4. The van der Waals surface area contributed by atoms with Crippen molar-refractivity contribution in [2.24, 2.45) is 0 Å². The summed E-state index contributed by atoms with van der Waals surface area (Å²) in [6.45, 7) is 5.44. The van der Waals surface area contributed by atoms with Crippen molar-refractivity contribution in [3.8, 4) is 0 Å². The third kappa shape index (κ3) is 5.56. The normalized spacial score (nSPS) is 24.8. The fraction of sp³-hybridized carbons (Fsp3) is 0.818. The molecule has 0 saturated carbocycles. The number of rotatable bonds is 3. The number of esters is 1. The molecule has 0 aliphatic carbocycles. The van der Waals surface area contributed by atoms with E-state index in [2.05, 4.69) is 22.6 Å². The smallest absolute Gasteiger partial charge is 0.460 e. The second kappa shape index (κ2) is 5.88. The number of hydrogen-bond acceptors (Lipinski definition) is 4. The van der Waals surface area contributed by atoms with Gasteiger partial charge in [0.2, 0.25) is 0 Å². The van der Waals surface area contributed by atoms with E-state index in [4.69, 9.17) is 14.2 Å². The van der Waals surface area contributed by atoms with Crippen LogP contribution in [0.1, 0.15) is 33.6 Å². The van der Waals surface area contributed by atoms with E-state index in [1.807, 2.05) is 20.8 Å². The summed E-state index contributed by atoms with van der Waals surface area (Å²) in [6.07, 6.45) is -0.244. The molecule has 1 aliphatic heterocycles. The first-order valence-corrected chi connectivity index (χ1v) is 7.00. The highest BCUT2D eigenvalue weighted by atomic mass is 127. The average Bonchev–Trinajstić information content (AvgIpc) is 2.13. The maximum Gasteiger partial charge on any atom is 0.712 e. The molecular formula is C11H18IO5+. The Labute approximate surface area is 114 Å². The molecule has 0 bridgehead atoms. The second-order valence-corrected chi connectivity index (χ2v) is 5.81. The molecule has 1 aliphatic rings. The van der Waals surface area contributed by atoms with Gasteiger partial charge in [0.15, 0.2) is 12.2 Å². The Kier molecular flexibility index (Phi) is 5.03. The van der Waals surface area contributed by atoms with Crippen molar-refractivity contribution in [2.75, 3.05) is 4.43 Å². The van der Waals surface area contributed by atoms with E-state index >= 15 is 0 Å². The highest BCUT2D eigenvalue weighted by Crippen LogP contribution is 2.20. The minimum atomic E-state index is -0.503. The molecule has 98 valence electrons. The highest BCUT2D eigenvalue weighted by Gasteiger charge is 2.39. The fourth-order valence-corrected chi connectivity index (χ4v) is 2.03. The van der Waals surface area contributed by atoms with Gasteiger partial charge in [-0.2, -0.15) is 0 Å². The Morgan fingerprint density at radius 1 is 1.47 bits per heavy atom. The van der Waals surface area contributed by atoms with Gasteiger partial charge in [0.25, 0.3) is 0 Å². The second-order valence-electron chi connectivity index (χ2n) is 4.93. The molecular weight excluding hydrogens is 339 g/mol. The van der Waals surface area contributed by atoms with Crippen molar-refractivity contribution in [3.63, 3.8) is 0 Å². The van der Waals surface area contributed by atoms with E-state index in [1.54, 1.807) is 0 Å². The summed E-state index contributed by atoms with van der Waals surface area (Å²) in [5.74, 6) is -0.329. The molecule has 0 amide bonds. The van der Waals surface area contributed by atoms with Crippen LogP contribution in [0.15, 0.2) is 0 Å². The molecule has 0 radical (unpaired) electrons. The molecule has 0 aromatic heterocycles. The van der Waals surface area contributed by atoms with E-state index in [0.717, 1.165) is 4.43 Å². The lowest BCUT2D eigenvalue weighted by atomic mass is 10.1. The number of carbonyl (C=O) groups is 1. The number of halogens is 1. The monoisotopic (exact) mass is 357 g/mol. The van der Waals surface area contributed by atoms with Crippen LogP contribution >= 0.6 is 22.6 Å². The van der Waals surface area contributed by atoms with E-state index in [9.17, 15) is 9.59 Å². The van der Waals surface area contributed by atoms with Crippen molar-refractivity contribution in [1.82, 2.24) is 0 Å².